The fraction of sp³-hybridized carbons (Fsp3) is 0.111. The Kier molecular flexibility index (Phi) is 2.84. The third kappa shape index (κ3) is 2.08. The summed E-state index contributed by atoms with van der Waals surface area (Å²) in [5, 5.41) is 8.71. The van der Waals surface area contributed by atoms with Crippen LogP contribution in [0, 0.1) is 18.3 Å². The van der Waals surface area contributed by atoms with E-state index in [0.29, 0.717) is 5.15 Å². The quantitative estimate of drug-likeness (QED) is 0.490. The molecule has 0 aromatic carbocycles. The van der Waals surface area contributed by atoms with E-state index in [9.17, 15) is 0 Å². The van der Waals surface area contributed by atoms with Gasteiger partial charge in [-0.1, -0.05) is 11.6 Å². The maximum atomic E-state index is 8.29. The Morgan fingerprint density at radius 3 is 3.08 bits per heavy atom. The van der Waals surface area contributed by atoms with Gasteiger partial charge in [0, 0.05) is 17.8 Å². The minimum Gasteiger partial charge on any atom is -0.244 e. The molecular formula is C9H7ClN2. The lowest BCUT2D eigenvalue weighted by atomic mass is 10.2. The van der Waals surface area contributed by atoms with Crippen LogP contribution in [-0.4, -0.2) is 4.98 Å². The van der Waals surface area contributed by atoms with E-state index in [-0.39, 0.29) is 0 Å². The van der Waals surface area contributed by atoms with Crippen molar-refractivity contribution in [1.29, 1.82) is 5.26 Å². The molecule has 1 aromatic rings. The van der Waals surface area contributed by atoms with Gasteiger partial charge in [-0.25, -0.2) is 4.98 Å². The van der Waals surface area contributed by atoms with Crippen LogP contribution in [0.1, 0.15) is 11.1 Å². The third-order valence-corrected chi connectivity index (χ3v) is 1.66. The molecule has 60 valence electrons. The Bertz CT molecular complexity index is 350. The van der Waals surface area contributed by atoms with Gasteiger partial charge in [-0.2, -0.15) is 5.26 Å². The second kappa shape index (κ2) is 3.89. The number of hydrogen-bond acceptors (Lipinski definition) is 2. The number of nitrogens with zero attached hydrogens (tertiary/aromatic N) is 2. The van der Waals surface area contributed by atoms with Crippen molar-refractivity contribution in [2.75, 3.05) is 0 Å². The van der Waals surface area contributed by atoms with E-state index in [4.69, 9.17) is 16.9 Å². The van der Waals surface area contributed by atoms with E-state index in [0.717, 1.165) is 11.1 Å². The van der Waals surface area contributed by atoms with Gasteiger partial charge in [-0.15, -0.1) is 0 Å². The fourth-order valence-corrected chi connectivity index (χ4v) is 0.985. The molecule has 0 aliphatic heterocycles. The molecule has 0 fully saturated rings. The number of halogens is 1. The number of aromatic nitrogens is 1. The van der Waals surface area contributed by atoms with Gasteiger partial charge in [0.25, 0.3) is 0 Å². The maximum absolute atomic E-state index is 8.29. The molecule has 1 heterocycles. The van der Waals surface area contributed by atoms with E-state index in [1.54, 1.807) is 12.3 Å². The number of hydrogen-bond donors (Lipinski definition) is 0. The van der Waals surface area contributed by atoms with Gasteiger partial charge in [-0.05, 0) is 24.6 Å². The van der Waals surface area contributed by atoms with Gasteiger partial charge < -0.3 is 0 Å². The molecule has 0 unspecified atom stereocenters. The van der Waals surface area contributed by atoms with Crippen molar-refractivity contribution < 1.29 is 0 Å². The summed E-state index contributed by atoms with van der Waals surface area (Å²) in [5.74, 6) is 0. The fourth-order valence-electron chi connectivity index (χ4n) is 0.819. The molecule has 0 aliphatic rings. The van der Waals surface area contributed by atoms with Gasteiger partial charge in [0.1, 0.15) is 5.15 Å². The zero-order valence-electron chi connectivity index (χ0n) is 6.58. The summed E-state index contributed by atoms with van der Waals surface area (Å²) in [4.78, 5) is 3.94. The van der Waals surface area contributed by atoms with Crippen LogP contribution in [0.2, 0.25) is 5.15 Å². The highest BCUT2D eigenvalue weighted by Gasteiger charge is 1.96. The standard InChI is InChI=1S/C9H7ClN2/c1-7-5-8(3-2-4-11)9(10)12-6-7/h2-3,5-6H,1H3/b3-2+. The molecule has 0 saturated carbocycles. The maximum Gasteiger partial charge on any atom is 0.136 e. The van der Waals surface area contributed by atoms with Crippen LogP contribution in [0.3, 0.4) is 0 Å². The number of aryl methyl sites for hydroxylation is 1. The zero-order chi connectivity index (χ0) is 8.97. The monoisotopic (exact) mass is 178 g/mol. The lowest BCUT2D eigenvalue weighted by Crippen LogP contribution is -1.82. The summed E-state index contributed by atoms with van der Waals surface area (Å²) in [6.45, 7) is 1.92. The highest BCUT2D eigenvalue weighted by molar-refractivity contribution is 6.30. The predicted octanol–water partition coefficient (Wildman–Crippen LogP) is 2.58. The van der Waals surface area contributed by atoms with Crippen molar-refractivity contribution in [1.82, 2.24) is 4.98 Å². The Hall–Kier alpha value is -1.33. The molecule has 1 aromatic heterocycles. The Morgan fingerprint density at radius 2 is 2.42 bits per heavy atom. The summed E-state index contributed by atoms with van der Waals surface area (Å²) in [7, 11) is 0. The van der Waals surface area contributed by atoms with Crippen LogP contribution >= 0.6 is 11.6 Å². The van der Waals surface area contributed by atoms with Crippen molar-refractivity contribution in [2.24, 2.45) is 0 Å². The first-order valence-electron chi connectivity index (χ1n) is 3.42. The first-order valence-corrected chi connectivity index (χ1v) is 3.80. The summed E-state index contributed by atoms with van der Waals surface area (Å²) < 4.78 is 0. The third-order valence-electron chi connectivity index (χ3n) is 1.34. The Morgan fingerprint density at radius 1 is 1.67 bits per heavy atom. The molecule has 0 amide bonds. The molecular weight excluding hydrogens is 172 g/mol. The Labute approximate surface area is 76.1 Å². The molecule has 0 atom stereocenters. The van der Waals surface area contributed by atoms with Gasteiger partial charge in [0.05, 0.1) is 6.07 Å². The van der Waals surface area contributed by atoms with Crippen LogP contribution in [-0.2, 0) is 0 Å². The highest BCUT2D eigenvalue weighted by atomic mass is 35.5. The zero-order valence-corrected chi connectivity index (χ0v) is 7.34. The van der Waals surface area contributed by atoms with Crippen LogP contribution < -0.4 is 0 Å². The molecule has 2 nitrogen and oxygen atoms in total. The van der Waals surface area contributed by atoms with E-state index >= 15 is 0 Å². The minimum atomic E-state index is 0.423. The van der Waals surface area contributed by atoms with Crippen molar-refractivity contribution in [3.8, 4) is 6.07 Å². The molecule has 1 rings (SSSR count). The Balaban J connectivity index is 3.07. The highest BCUT2D eigenvalue weighted by Crippen LogP contribution is 2.15. The molecule has 0 bridgehead atoms. The van der Waals surface area contributed by atoms with E-state index in [1.165, 1.54) is 6.08 Å². The molecule has 0 saturated heterocycles. The lowest BCUT2D eigenvalue weighted by molar-refractivity contribution is 1.26. The summed E-state index contributed by atoms with van der Waals surface area (Å²) in [6, 6.07) is 3.77. The van der Waals surface area contributed by atoms with E-state index in [1.807, 2.05) is 19.1 Å². The summed E-state index contributed by atoms with van der Waals surface area (Å²) in [5.41, 5.74) is 1.80. The number of rotatable bonds is 1. The molecule has 12 heavy (non-hydrogen) atoms. The van der Waals surface area contributed by atoms with Crippen molar-refractivity contribution >= 4 is 17.7 Å². The van der Waals surface area contributed by atoms with Gasteiger partial charge >= 0.3 is 0 Å². The molecule has 0 radical (unpaired) electrons. The van der Waals surface area contributed by atoms with Crippen LogP contribution in [0.25, 0.3) is 6.08 Å². The first-order chi connectivity index (χ1) is 5.74. The SMILES string of the molecule is Cc1cnc(Cl)c(/C=C/C#N)c1. The summed E-state index contributed by atoms with van der Waals surface area (Å²) in [6.07, 6.45) is 4.71. The van der Waals surface area contributed by atoms with Crippen molar-refractivity contribution in [2.45, 2.75) is 6.92 Å². The second-order valence-electron chi connectivity index (χ2n) is 2.36. The van der Waals surface area contributed by atoms with E-state index < -0.39 is 0 Å². The van der Waals surface area contributed by atoms with Gasteiger partial charge in [-0.3, -0.25) is 0 Å². The average Bonchev–Trinajstić information content (AvgIpc) is 2.07. The summed E-state index contributed by atoms with van der Waals surface area (Å²) >= 11 is 5.76. The lowest BCUT2D eigenvalue weighted by Gasteiger charge is -1.97. The van der Waals surface area contributed by atoms with Crippen LogP contribution in [0.5, 0.6) is 0 Å². The normalized spacial score (nSPS) is 10.1. The number of allylic oxidation sites excluding steroid dienone is 1. The smallest absolute Gasteiger partial charge is 0.136 e. The largest absolute Gasteiger partial charge is 0.244 e. The first kappa shape index (κ1) is 8.76. The predicted molar refractivity (Wildman–Crippen MR) is 48.6 cm³/mol. The van der Waals surface area contributed by atoms with Crippen LogP contribution in [0.15, 0.2) is 18.3 Å². The van der Waals surface area contributed by atoms with Gasteiger partial charge in [0.2, 0.25) is 0 Å². The van der Waals surface area contributed by atoms with Crippen molar-refractivity contribution in [3.05, 3.63) is 34.6 Å². The minimum absolute atomic E-state index is 0.423. The van der Waals surface area contributed by atoms with E-state index in [2.05, 4.69) is 4.98 Å². The molecule has 0 spiro atoms. The van der Waals surface area contributed by atoms with Crippen molar-refractivity contribution in [3.63, 3.8) is 0 Å². The average molecular weight is 179 g/mol. The molecule has 3 heteroatoms. The van der Waals surface area contributed by atoms with Gasteiger partial charge in [0.15, 0.2) is 0 Å². The topological polar surface area (TPSA) is 36.7 Å². The molecule has 0 N–H and O–H groups in total. The second-order valence-corrected chi connectivity index (χ2v) is 2.71. The number of nitriles is 1. The number of pyridine rings is 1. The van der Waals surface area contributed by atoms with Crippen LogP contribution in [0.4, 0.5) is 0 Å². The molecule has 0 aliphatic carbocycles.